The molecule has 0 saturated carbocycles. The Balaban J connectivity index is 2.75. The molecule has 0 aromatic heterocycles. The minimum Gasteiger partial charge on any atom is -0.388 e. The Labute approximate surface area is 75.4 Å². The molecular formula is C10H21NO. The average Bonchev–Trinajstić information content (AvgIpc) is 2.52. The van der Waals surface area contributed by atoms with Crippen LogP contribution in [0, 0.1) is 5.41 Å². The highest BCUT2D eigenvalue weighted by molar-refractivity contribution is 5.00. The molecule has 1 unspecified atom stereocenters. The summed E-state index contributed by atoms with van der Waals surface area (Å²) in [4.78, 5) is 0. The van der Waals surface area contributed by atoms with Gasteiger partial charge in [0.25, 0.3) is 0 Å². The summed E-state index contributed by atoms with van der Waals surface area (Å²) in [5.41, 5.74) is -0.368. The van der Waals surface area contributed by atoms with Gasteiger partial charge < -0.3 is 10.4 Å². The van der Waals surface area contributed by atoms with Crippen LogP contribution < -0.4 is 5.32 Å². The molecule has 2 N–H and O–H groups in total. The molecule has 2 heteroatoms. The van der Waals surface area contributed by atoms with Crippen LogP contribution in [0.4, 0.5) is 0 Å². The standard InChI is InChI=1S/C10H21NO/c1-4-9(3,5-2)10(12)6-7-11-8-10/h11-12H,4-8H2,1-3H3. The predicted molar refractivity (Wildman–Crippen MR) is 51.1 cm³/mol. The Kier molecular flexibility index (Phi) is 2.79. The summed E-state index contributed by atoms with van der Waals surface area (Å²) in [6, 6.07) is 0. The Morgan fingerprint density at radius 2 is 2.00 bits per heavy atom. The van der Waals surface area contributed by atoms with Crippen LogP contribution >= 0.6 is 0 Å². The van der Waals surface area contributed by atoms with E-state index in [4.69, 9.17) is 0 Å². The van der Waals surface area contributed by atoms with Gasteiger partial charge in [0.1, 0.15) is 0 Å². The molecule has 1 heterocycles. The Hall–Kier alpha value is -0.0800. The number of β-amino-alcohol motifs (C(OH)–C–C–N with tert-alkyl or cyclic N) is 1. The Morgan fingerprint density at radius 1 is 1.42 bits per heavy atom. The fourth-order valence-corrected chi connectivity index (χ4v) is 2.10. The van der Waals surface area contributed by atoms with E-state index in [1.165, 1.54) is 0 Å². The molecule has 0 aromatic rings. The molecule has 1 aliphatic rings. The van der Waals surface area contributed by atoms with Crippen molar-refractivity contribution in [1.29, 1.82) is 0 Å². The van der Waals surface area contributed by atoms with Crippen molar-refractivity contribution < 1.29 is 5.11 Å². The van der Waals surface area contributed by atoms with Gasteiger partial charge in [-0.15, -0.1) is 0 Å². The van der Waals surface area contributed by atoms with Crippen molar-refractivity contribution in [1.82, 2.24) is 5.32 Å². The molecule has 1 rings (SSSR count). The van der Waals surface area contributed by atoms with Crippen molar-refractivity contribution in [3.8, 4) is 0 Å². The van der Waals surface area contributed by atoms with E-state index < -0.39 is 5.60 Å². The zero-order valence-electron chi connectivity index (χ0n) is 8.48. The molecule has 0 radical (unpaired) electrons. The second-order valence-electron chi connectivity index (χ2n) is 4.23. The lowest BCUT2D eigenvalue weighted by Crippen LogP contribution is -2.47. The largest absolute Gasteiger partial charge is 0.388 e. The van der Waals surface area contributed by atoms with Gasteiger partial charge in [-0.25, -0.2) is 0 Å². The van der Waals surface area contributed by atoms with Crippen LogP contribution in [-0.4, -0.2) is 23.8 Å². The number of hydrogen-bond donors (Lipinski definition) is 2. The SMILES string of the molecule is CCC(C)(CC)C1(O)CCNC1. The third-order valence-corrected chi connectivity index (χ3v) is 3.82. The molecule has 1 aliphatic heterocycles. The summed E-state index contributed by atoms with van der Waals surface area (Å²) < 4.78 is 0. The molecule has 0 spiro atoms. The minimum atomic E-state index is -0.462. The van der Waals surface area contributed by atoms with Crippen LogP contribution in [-0.2, 0) is 0 Å². The van der Waals surface area contributed by atoms with E-state index in [0.29, 0.717) is 0 Å². The van der Waals surface area contributed by atoms with E-state index in [0.717, 1.165) is 32.4 Å². The molecule has 1 atom stereocenters. The number of nitrogens with one attached hydrogen (secondary N) is 1. The van der Waals surface area contributed by atoms with Crippen molar-refractivity contribution in [2.24, 2.45) is 5.41 Å². The topological polar surface area (TPSA) is 32.3 Å². The van der Waals surface area contributed by atoms with Crippen molar-refractivity contribution in [3.05, 3.63) is 0 Å². The molecule has 12 heavy (non-hydrogen) atoms. The fourth-order valence-electron chi connectivity index (χ4n) is 2.10. The maximum Gasteiger partial charge on any atom is 0.0836 e. The summed E-state index contributed by atoms with van der Waals surface area (Å²) in [5.74, 6) is 0. The second kappa shape index (κ2) is 3.35. The van der Waals surface area contributed by atoms with Gasteiger partial charge in [-0.3, -0.25) is 0 Å². The monoisotopic (exact) mass is 171 g/mol. The summed E-state index contributed by atoms with van der Waals surface area (Å²) in [6.45, 7) is 8.26. The van der Waals surface area contributed by atoms with Crippen LogP contribution in [0.1, 0.15) is 40.0 Å². The Morgan fingerprint density at radius 3 is 2.33 bits per heavy atom. The van der Waals surface area contributed by atoms with E-state index in [1.54, 1.807) is 0 Å². The van der Waals surface area contributed by atoms with Gasteiger partial charge in [0.05, 0.1) is 5.60 Å². The van der Waals surface area contributed by atoms with E-state index in [1.807, 2.05) is 0 Å². The van der Waals surface area contributed by atoms with Crippen molar-refractivity contribution in [3.63, 3.8) is 0 Å². The van der Waals surface area contributed by atoms with E-state index in [9.17, 15) is 5.11 Å². The molecule has 2 nitrogen and oxygen atoms in total. The van der Waals surface area contributed by atoms with Crippen LogP contribution in [0.25, 0.3) is 0 Å². The molecule has 0 bridgehead atoms. The first-order valence-corrected chi connectivity index (χ1v) is 5.01. The maximum atomic E-state index is 10.3. The molecule has 0 aliphatic carbocycles. The number of rotatable bonds is 3. The highest BCUT2D eigenvalue weighted by Crippen LogP contribution is 2.41. The number of hydrogen-bond acceptors (Lipinski definition) is 2. The average molecular weight is 171 g/mol. The smallest absolute Gasteiger partial charge is 0.0836 e. The third-order valence-electron chi connectivity index (χ3n) is 3.82. The quantitative estimate of drug-likeness (QED) is 0.675. The highest BCUT2D eigenvalue weighted by atomic mass is 16.3. The third kappa shape index (κ3) is 1.38. The van der Waals surface area contributed by atoms with Gasteiger partial charge in [0.15, 0.2) is 0 Å². The van der Waals surface area contributed by atoms with Gasteiger partial charge >= 0.3 is 0 Å². The predicted octanol–water partition coefficient (Wildman–Crippen LogP) is 1.54. The van der Waals surface area contributed by atoms with Crippen molar-refractivity contribution in [2.45, 2.75) is 45.6 Å². The van der Waals surface area contributed by atoms with E-state index in [-0.39, 0.29) is 5.41 Å². The molecule has 1 fully saturated rings. The molecule has 72 valence electrons. The van der Waals surface area contributed by atoms with Crippen LogP contribution in [0.5, 0.6) is 0 Å². The van der Waals surface area contributed by atoms with Gasteiger partial charge in [0, 0.05) is 6.54 Å². The van der Waals surface area contributed by atoms with Gasteiger partial charge in [-0.05, 0) is 31.2 Å². The molecule has 0 aromatic carbocycles. The maximum absolute atomic E-state index is 10.3. The first kappa shape index (κ1) is 10.0. The fraction of sp³-hybridized carbons (Fsp3) is 1.00. The van der Waals surface area contributed by atoms with Crippen LogP contribution in [0.15, 0.2) is 0 Å². The summed E-state index contributed by atoms with van der Waals surface area (Å²) in [6.07, 6.45) is 3.02. The van der Waals surface area contributed by atoms with Crippen molar-refractivity contribution >= 4 is 0 Å². The zero-order chi connectivity index (χ0) is 9.24. The molecule has 1 saturated heterocycles. The van der Waals surface area contributed by atoms with Gasteiger partial charge in [0.2, 0.25) is 0 Å². The highest BCUT2D eigenvalue weighted by Gasteiger charge is 2.45. The lowest BCUT2D eigenvalue weighted by Gasteiger charge is -2.41. The van der Waals surface area contributed by atoms with Crippen LogP contribution in [0.2, 0.25) is 0 Å². The van der Waals surface area contributed by atoms with Crippen LogP contribution in [0.3, 0.4) is 0 Å². The first-order chi connectivity index (χ1) is 5.58. The summed E-state index contributed by atoms with van der Waals surface area (Å²) in [7, 11) is 0. The van der Waals surface area contributed by atoms with Gasteiger partial charge in [-0.2, -0.15) is 0 Å². The van der Waals surface area contributed by atoms with Gasteiger partial charge in [-0.1, -0.05) is 20.8 Å². The first-order valence-electron chi connectivity index (χ1n) is 5.01. The lowest BCUT2D eigenvalue weighted by atomic mass is 9.69. The second-order valence-corrected chi connectivity index (χ2v) is 4.23. The van der Waals surface area contributed by atoms with Crippen molar-refractivity contribution in [2.75, 3.05) is 13.1 Å². The lowest BCUT2D eigenvalue weighted by molar-refractivity contribution is -0.0642. The summed E-state index contributed by atoms with van der Waals surface area (Å²) in [5, 5.41) is 13.6. The van der Waals surface area contributed by atoms with E-state index >= 15 is 0 Å². The molecular weight excluding hydrogens is 150 g/mol. The molecule has 0 amide bonds. The zero-order valence-corrected chi connectivity index (χ0v) is 8.48. The Bertz CT molecular complexity index is 144. The number of aliphatic hydroxyl groups is 1. The minimum absolute atomic E-state index is 0.0938. The normalized spacial score (nSPS) is 31.0. The summed E-state index contributed by atoms with van der Waals surface area (Å²) >= 11 is 0. The van der Waals surface area contributed by atoms with E-state index in [2.05, 4.69) is 26.1 Å².